The molecule has 6 heteroatoms. The third kappa shape index (κ3) is 3.49. The molecule has 0 aliphatic heterocycles. The van der Waals surface area contributed by atoms with Crippen LogP contribution in [0.2, 0.25) is 0 Å². The molecule has 3 aromatic rings. The van der Waals surface area contributed by atoms with Gasteiger partial charge in [0.2, 0.25) is 0 Å². The van der Waals surface area contributed by atoms with Crippen molar-refractivity contribution in [3.05, 3.63) is 63.7 Å². The normalized spacial score (nSPS) is 10.7. The van der Waals surface area contributed by atoms with Gasteiger partial charge in [0, 0.05) is 23.7 Å². The summed E-state index contributed by atoms with van der Waals surface area (Å²) in [7, 11) is 0. The van der Waals surface area contributed by atoms with Crippen LogP contribution in [-0.2, 0) is 13.2 Å². The van der Waals surface area contributed by atoms with Gasteiger partial charge < -0.3 is 15.4 Å². The van der Waals surface area contributed by atoms with Crippen LogP contribution in [0.5, 0.6) is 0 Å². The van der Waals surface area contributed by atoms with Crippen molar-refractivity contribution in [2.45, 2.75) is 20.1 Å². The fourth-order valence-corrected chi connectivity index (χ4v) is 2.95. The molecule has 5 nitrogen and oxygen atoms in total. The van der Waals surface area contributed by atoms with Crippen molar-refractivity contribution in [2.24, 2.45) is 0 Å². The average Bonchev–Trinajstić information content (AvgIpc) is 3.21. The second-order valence-corrected chi connectivity index (χ2v) is 6.23. The van der Waals surface area contributed by atoms with Crippen molar-refractivity contribution in [2.75, 3.05) is 0 Å². The Labute approximate surface area is 138 Å². The molecule has 23 heavy (non-hydrogen) atoms. The number of nitrogens with zero attached hydrogens (tertiary/aromatic N) is 1. The van der Waals surface area contributed by atoms with E-state index in [2.05, 4.69) is 15.3 Å². The third-order valence-electron chi connectivity index (χ3n) is 3.57. The standard InChI is InChI=1S/C17H17N3O2S/c1-11-20-16(10-23-11)14-6-15(18-8-14)17(22)19-7-12-4-2-3-5-13(12)9-21/h2-6,8,10,18,21H,7,9H2,1H3,(H,19,22). The van der Waals surface area contributed by atoms with Gasteiger partial charge in [-0.1, -0.05) is 24.3 Å². The van der Waals surface area contributed by atoms with Crippen LogP contribution in [0.25, 0.3) is 11.3 Å². The molecule has 0 aliphatic rings. The quantitative estimate of drug-likeness (QED) is 0.674. The maximum Gasteiger partial charge on any atom is 0.267 e. The summed E-state index contributed by atoms with van der Waals surface area (Å²) in [5.41, 5.74) is 3.99. The predicted molar refractivity (Wildman–Crippen MR) is 90.2 cm³/mol. The molecule has 0 saturated heterocycles. The molecule has 2 aromatic heterocycles. The lowest BCUT2D eigenvalue weighted by Crippen LogP contribution is -2.23. The molecular weight excluding hydrogens is 310 g/mol. The molecule has 0 spiro atoms. The zero-order valence-corrected chi connectivity index (χ0v) is 13.5. The second kappa shape index (κ2) is 6.76. The minimum absolute atomic E-state index is 0.0398. The molecular formula is C17H17N3O2S. The van der Waals surface area contributed by atoms with Crippen molar-refractivity contribution in [3.63, 3.8) is 0 Å². The number of thiazole rings is 1. The monoisotopic (exact) mass is 327 g/mol. The van der Waals surface area contributed by atoms with Crippen LogP contribution in [-0.4, -0.2) is 21.0 Å². The molecule has 0 atom stereocenters. The highest BCUT2D eigenvalue weighted by atomic mass is 32.1. The van der Waals surface area contributed by atoms with E-state index in [9.17, 15) is 9.90 Å². The van der Waals surface area contributed by atoms with Gasteiger partial charge in [-0.25, -0.2) is 4.98 Å². The number of rotatable bonds is 5. The Bertz CT molecular complexity index is 823. The van der Waals surface area contributed by atoms with Crippen LogP contribution in [0, 0.1) is 6.92 Å². The highest BCUT2D eigenvalue weighted by Gasteiger charge is 2.11. The lowest BCUT2D eigenvalue weighted by atomic mass is 10.1. The fourth-order valence-electron chi connectivity index (χ4n) is 2.32. The number of nitrogens with one attached hydrogen (secondary N) is 2. The number of benzene rings is 1. The number of carbonyl (C=O) groups excluding carboxylic acids is 1. The van der Waals surface area contributed by atoms with E-state index in [1.54, 1.807) is 23.6 Å². The Morgan fingerprint density at radius 3 is 2.83 bits per heavy atom. The Morgan fingerprint density at radius 1 is 1.35 bits per heavy atom. The SMILES string of the molecule is Cc1nc(-c2c[nH]c(C(=O)NCc3ccccc3CO)c2)cs1. The molecule has 0 fully saturated rings. The Kier molecular flexibility index (Phi) is 4.55. The Balaban J connectivity index is 1.68. The van der Waals surface area contributed by atoms with E-state index < -0.39 is 0 Å². The van der Waals surface area contributed by atoms with Gasteiger partial charge >= 0.3 is 0 Å². The maximum atomic E-state index is 12.2. The predicted octanol–water partition coefficient (Wildman–Crippen LogP) is 2.87. The molecule has 3 rings (SSSR count). The number of hydrogen-bond acceptors (Lipinski definition) is 4. The van der Waals surface area contributed by atoms with E-state index in [0.29, 0.717) is 12.2 Å². The summed E-state index contributed by atoms with van der Waals surface area (Å²) in [6.07, 6.45) is 1.78. The first-order valence-electron chi connectivity index (χ1n) is 7.24. The summed E-state index contributed by atoms with van der Waals surface area (Å²) in [6.45, 7) is 2.29. The van der Waals surface area contributed by atoms with Gasteiger partial charge in [-0.2, -0.15) is 0 Å². The van der Waals surface area contributed by atoms with Crippen LogP contribution in [0.4, 0.5) is 0 Å². The van der Waals surface area contributed by atoms with Gasteiger partial charge in [0.1, 0.15) is 5.69 Å². The molecule has 0 aliphatic carbocycles. The molecule has 0 radical (unpaired) electrons. The molecule has 1 aromatic carbocycles. The number of aromatic amines is 1. The van der Waals surface area contributed by atoms with Gasteiger partial charge in [-0.15, -0.1) is 11.3 Å². The van der Waals surface area contributed by atoms with Crippen molar-refractivity contribution < 1.29 is 9.90 Å². The number of carbonyl (C=O) groups is 1. The number of aliphatic hydroxyl groups excluding tert-OH is 1. The van der Waals surface area contributed by atoms with Crippen molar-refractivity contribution >= 4 is 17.2 Å². The largest absolute Gasteiger partial charge is 0.392 e. The minimum Gasteiger partial charge on any atom is -0.392 e. The minimum atomic E-state index is -0.184. The number of amides is 1. The summed E-state index contributed by atoms with van der Waals surface area (Å²) >= 11 is 1.58. The van der Waals surface area contributed by atoms with Gasteiger partial charge in [0.25, 0.3) is 5.91 Å². The number of aliphatic hydroxyl groups is 1. The summed E-state index contributed by atoms with van der Waals surface area (Å²) in [4.78, 5) is 19.6. The van der Waals surface area contributed by atoms with E-state index in [4.69, 9.17) is 0 Å². The van der Waals surface area contributed by atoms with Crippen LogP contribution in [0.1, 0.15) is 26.6 Å². The molecule has 1 amide bonds. The molecule has 0 unspecified atom stereocenters. The Morgan fingerprint density at radius 2 is 2.13 bits per heavy atom. The first-order chi connectivity index (χ1) is 11.2. The number of H-pyrrole nitrogens is 1. The lowest BCUT2D eigenvalue weighted by molar-refractivity contribution is 0.0946. The third-order valence-corrected chi connectivity index (χ3v) is 4.34. The zero-order valence-electron chi connectivity index (χ0n) is 12.7. The van der Waals surface area contributed by atoms with E-state index in [0.717, 1.165) is 27.4 Å². The van der Waals surface area contributed by atoms with Gasteiger partial charge in [-0.05, 0) is 24.1 Å². The van der Waals surface area contributed by atoms with E-state index in [1.165, 1.54) is 0 Å². The lowest BCUT2D eigenvalue weighted by Gasteiger charge is -2.08. The Hall–Kier alpha value is -2.44. The van der Waals surface area contributed by atoms with Gasteiger partial charge in [0.05, 0.1) is 17.3 Å². The summed E-state index contributed by atoms with van der Waals surface area (Å²) in [5.74, 6) is -0.184. The van der Waals surface area contributed by atoms with E-state index in [1.807, 2.05) is 36.6 Å². The summed E-state index contributed by atoms with van der Waals surface area (Å²) < 4.78 is 0. The molecule has 0 saturated carbocycles. The van der Waals surface area contributed by atoms with E-state index in [-0.39, 0.29) is 12.5 Å². The molecule has 118 valence electrons. The molecule has 3 N–H and O–H groups in total. The fraction of sp³-hybridized carbons (Fsp3) is 0.176. The van der Waals surface area contributed by atoms with Crippen LogP contribution in [0.15, 0.2) is 41.9 Å². The van der Waals surface area contributed by atoms with Crippen LogP contribution in [0.3, 0.4) is 0 Å². The first kappa shape index (κ1) is 15.5. The molecule has 0 bridgehead atoms. The second-order valence-electron chi connectivity index (χ2n) is 5.16. The highest BCUT2D eigenvalue weighted by molar-refractivity contribution is 7.09. The van der Waals surface area contributed by atoms with Crippen LogP contribution >= 0.6 is 11.3 Å². The first-order valence-corrected chi connectivity index (χ1v) is 8.12. The average molecular weight is 327 g/mol. The van der Waals surface area contributed by atoms with Crippen LogP contribution < -0.4 is 5.32 Å². The van der Waals surface area contributed by atoms with Crippen molar-refractivity contribution in [1.82, 2.24) is 15.3 Å². The van der Waals surface area contributed by atoms with Gasteiger partial charge in [0.15, 0.2) is 0 Å². The van der Waals surface area contributed by atoms with Gasteiger partial charge in [-0.3, -0.25) is 4.79 Å². The highest BCUT2D eigenvalue weighted by Crippen LogP contribution is 2.22. The van der Waals surface area contributed by atoms with E-state index >= 15 is 0 Å². The number of hydrogen-bond donors (Lipinski definition) is 3. The smallest absolute Gasteiger partial charge is 0.267 e. The topological polar surface area (TPSA) is 78.0 Å². The molecule has 2 heterocycles. The van der Waals surface area contributed by atoms with Crippen molar-refractivity contribution in [3.8, 4) is 11.3 Å². The summed E-state index contributed by atoms with van der Waals surface area (Å²) in [6, 6.07) is 9.28. The number of aryl methyl sites for hydroxylation is 1. The summed E-state index contributed by atoms with van der Waals surface area (Å²) in [5, 5.41) is 15.1. The maximum absolute atomic E-state index is 12.2. The number of aromatic nitrogens is 2. The zero-order chi connectivity index (χ0) is 16.2. The van der Waals surface area contributed by atoms with Crippen molar-refractivity contribution in [1.29, 1.82) is 0 Å².